The van der Waals surface area contributed by atoms with E-state index in [2.05, 4.69) is 21.5 Å². The van der Waals surface area contributed by atoms with Gasteiger partial charge in [0.15, 0.2) is 0 Å². The molecule has 0 bridgehead atoms. The molecule has 27 heavy (non-hydrogen) atoms. The monoisotopic (exact) mass is 360 g/mol. The third kappa shape index (κ3) is 3.77. The molecule has 0 atom stereocenters. The number of nitrogens with zero attached hydrogens (tertiary/aromatic N) is 4. The van der Waals surface area contributed by atoms with Crippen molar-refractivity contribution in [2.75, 3.05) is 13.1 Å². The van der Waals surface area contributed by atoms with E-state index in [1.165, 1.54) is 0 Å². The standard InChI is InChI=1S/C22H24N4O/c1-17-15-24-22(19-8-5-11-23-16-19)26(17)20-9-12-25(13-10-20)21(27)14-18-6-3-2-4-7-18/h2-8,11,15-16,20H,9-10,12-14H2,1H3. The zero-order chi connectivity index (χ0) is 18.6. The smallest absolute Gasteiger partial charge is 0.226 e. The van der Waals surface area contributed by atoms with E-state index in [-0.39, 0.29) is 5.91 Å². The summed E-state index contributed by atoms with van der Waals surface area (Å²) in [4.78, 5) is 23.5. The molecule has 0 unspecified atom stereocenters. The van der Waals surface area contributed by atoms with Gasteiger partial charge >= 0.3 is 0 Å². The van der Waals surface area contributed by atoms with Gasteiger partial charge in [0.05, 0.1) is 6.42 Å². The van der Waals surface area contributed by atoms with Crippen LogP contribution >= 0.6 is 0 Å². The summed E-state index contributed by atoms with van der Waals surface area (Å²) >= 11 is 0. The van der Waals surface area contributed by atoms with Crippen LogP contribution in [0.15, 0.2) is 61.1 Å². The summed E-state index contributed by atoms with van der Waals surface area (Å²) in [5, 5.41) is 0. The summed E-state index contributed by atoms with van der Waals surface area (Å²) in [7, 11) is 0. The number of hydrogen-bond acceptors (Lipinski definition) is 3. The molecule has 0 aliphatic carbocycles. The van der Waals surface area contributed by atoms with Gasteiger partial charge in [-0.2, -0.15) is 0 Å². The first-order valence-corrected chi connectivity index (χ1v) is 9.48. The molecule has 0 saturated carbocycles. The Balaban J connectivity index is 1.44. The zero-order valence-electron chi connectivity index (χ0n) is 15.6. The molecule has 0 spiro atoms. The number of piperidine rings is 1. The minimum atomic E-state index is 0.217. The van der Waals surface area contributed by atoms with Crippen molar-refractivity contribution in [3.63, 3.8) is 0 Å². The number of carbonyl (C=O) groups excluding carboxylic acids is 1. The Bertz CT molecular complexity index is 897. The third-order valence-electron chi connectivity index (χ3n) is 5.28. The fourth-order valence-corrected chi connectivity index (χ4v) is 3.87. The van der Waals surface area contributed by atoms with Crippen molar-refractivity contribution in [3.05, 3.63) is 72.3 Å². The predicted molar refractivity (Wildman–Crippen MR) is 105 cm³/mol. The highest BCUT2D eigenvalue weighted by molar-refractivity contribution is 5.78. The Kier molecular flexibility index (Phi) is 5.01. The number of benzene rings is 1. The summed E-state index contributed by atoms with van der Waals surface area (Å²) < 4.78 is 2.32. The third-order valence-corrected chi connectivity index (χ3v) is 5.28. The number of imidazole rings is 1. The lowest BCUT2D eigenvalue weighted by atomic mass is 10.0. The molecule has 1 amide bonds. The maximum absolute atomic E-state index is 12.6. The van der Waals surface area contributed by atoms with Crippen molar-refractivity contribution in [1.29, 1.82) is 0 Å². The SMILES string of the molecule is Cc1cnc(-c2cccnc2)n1C1CCN(C(=O)Cc2ccccc2)CC1. The summed E-state index contributed by atoms with van der Waals surface area (Å²) in [6, 6.07) is 14.3. The number of pyridine rings is 1. The van der Waals surface area contributed by atoms with Crippen LogP contribution < -0.4 is 0 Å². The molecule has 4 rings (SSSR count). The first kappa shape index (κ1) is 17.5. The molecule has 1 aliphatic heterocycles. The van der Waals surface area contributed by atoms with Gasteiger partial charge < -0.3 is 9.47 Å². The van der Waals surface area contributed by atoms with Crippen molar-refractivity contribution in [2.24, 2.45) is 0 Å². The molecule has 138 valence electrons. The molecular weight excluding hydrogens is 336 g/mol. The van der Waals surface area contributed by atoms with Crippen LogP contribution in [-0.4, -0.2) is 38.4 Å². The highest BCUT2D eigenvalue weighted by atomic mass is 16.2. The van der Waals surface area contributed by atoms with Crippen molar-refractivity contribution < 1.29 is 4.79 Å². The lowest BCUT2D eigenvalue weighted by Gasteiger charge is -2.34. The fourth-order valence-electron chi connectivity index (χ4n) is 3.87. The number of carbonyl (C=O) groups is 1. The topological polar surface area (TPSA) is 51.0 Å². The quantitative estimate of drug-likeness (QED) is 0.713. The van der Waals surface area contributed by atoms with Gasteiger partial charge in [-0.1, -0.05) is 30.3 Å². The molecule has 5 nitrogen and oxygen atoms in total. The molecule has 2 aromatic heterocycles. The van der Waals surface area contributed by atoms with Crippen LogP contribution in [0.3, 0.4) is 0 Å². The molecule has 3 heterocycles. The Morgan fingerprint density at radius 1 is 1.07 bits per heavy atom. The summed E-state index contributed by atoms with van der Waals surface area (Å²) in [6.07, 6.45) is 7.94. The lowest BCUT2D eigenvalue weighted by Crippen LogP contribution is -2.40. The average Bonchev–Trinajstić information content (AvgIpc) is 3.11. The Morgan fingerprint density at radius 3 is 2.56 bits per heavy atom. The number of aryl methyl sites for hydroxylation is 1. The van der Waals surface area contributed by atoms with Crippen molar-refractivity contribution >= 4 is 5.91 Å². The average molecular weight is 360 g/mol. The molecule has 5 heteroatoms. The second-order valence-electron chi connectivity index (χ2n) is 7.11. The second kappa shape index (κ2) is 7.74. The predicted octanol–water partition coefficient (Wildman–Crippen LogP) is 3.66. The van der Waals surface area contributed by atoms with E-state index in [4.69, 9.17) is 0 Å². The molecule has 1 aliphatic rings. The minimum Gasteiger partial charge on any atom is -0.342 e. The van der Waals surface area contributed by atoms with E-state index in [9.17, 15) is 4.79 Å². The highest BCUT2D eigenvalue weighted by Gasteiger charge is 2.26. The molecular formula is C22H24N4O. The molecule has 0 N–H and O–H groups in total. The van der Waals surface area contributed by atoms with Gasteiger partial charge in [-0.15, -0.1) is 0 Å². The maximum Gasteiger partial charge on any atom is 0.226 e. The van der Waals surface area contributed by atoms with Crippen LogP contribution in [-0.2, 0) is 11.2 Å². The molecule has 1 saturated heterocycles. The van der Waals surface area contributed by atoms with Crippen LogP contribution in [0.25, 0.3) is 11.4 Å². The van der Waals surface area contributed by atoms with Gasteiger partial charge in [-0.3, -0.25) is 9.78 Å². The molecule has 1 aromatic carbocycles. The lowest BCUT2D eigenvalue weighted by molar-refractivity contribution is -0.131. The molecule has 3 aromatic rings. The van der Waals surface area contributed by atoms with E-state index in [1.807, 2.05) is 59.8 Å². The summed E-state index contributed by atoms with van der Waals surface area (Å²) in [6.45, 7) is 3.68. The van der Waals surface area contributed by atoms with E-state index >= 15 is 0 Å². The zero-order valence-corrected chi connectivity index (χ0v) is 15.6. The summed E-state index contributed by atoms with van der Waals surface area (Å²) in [5.74, 6) is 1.18. The first-order valence-electron chi connectivity index (χ1n) is 9.48. The number of rotatable bonds is 4. The van der Waals surface area contributed by atoms with E-state index in [0.717, 1.165) is 48.6 Å². The Morgan fingerprint density at radius 2 is 1.85 bits per heavy atom. The number of amides is 1. The maximum atomic E-state index is 12.6. The second-order valence-corrected chi connectivity index (χ2v) is 7.11. The van der Waals surface area contributed by atoms with Crippen LogP contribution in [0.4, 0.5) is 0 Å². The number of likely N-dealkylation sites (tertiary alicyclic amines) is 1. The molecule has 1 fully saturated rings. The van der Waals surface area contributed by atoms with Gasteiger partial charge in [0, 0.05) is 49.0 Å². The molecule has 0 radical (unpaired) electrons. The fraction of sp³-hybridized carbons (Fsp3) is 0.318. The van der Waals surface area contributed by atoms with Crippen LogP contribution in [0, 0.1) is 6.92 Å². The van der Waals surface area contributed by atoms with E-state index < -0.39 is 0 Å². The van der Waals surface area contributed by atoms with Crippen LogP contribution in [0.5, 0.6) is 0 Å². The van der Waals surface area contributed by atoms with Crippen molar-refractivity contribution in [3.8, 4) is 11.4 Å². The van der Waals surface area contributed by atoms with Crippen molar-refractivity contribution in [1.82, 2.24) is 19.4 Å². The van der Waals surface area contributed by atoms with Crippen molar-refractivity contribution in [2.45, 2.75) is 32.2 Å². The van der Waals surface area contributed by atoms with Crippen LogP contribution in [0.2, 0.25) is 0 Å². The highest BCUT2D eigenvalue weighted by Crippen LogP contribution is 2.30. The summed E-state index contributed by atoms with van der Waals surface area (Å²) in [5.41, 5.74) is 3.27. The largest absolute Gasteiger partial charge is 0.342 e. The van der Waals surface area contributed by atoms with E-state index in [1.54, 1.807) is 6.20 Å². The van der Waals surface area contributed by atoms with E-state index in [0.29, 0.717) is 12.5 Å². The van der Waals surface area contributed by atoms with Gasteiger partial charge in [0.2, 0.25) is 5.91 Å². The number of aromatic nitrogens is 3. The van der Waals surface area contributed by atoms with Gasteiger partial charge in [0.25, 0.3) is 0 Å². The van der Waals surface area contributed by atoms with Crippen LogP contribution in [0.1, 0.15) is 30.1 Å². The number of hydrogen-bond donors (Lipinski definition) is 0. The Labute approximate surface area is 159 Å². The first-order chi connectivity index (χ1) is 13.2. The Hall–Kier alpha value is -2.95. The van der Waals surface area contributed by atoms with Gasteiger partial charge in [-0.05, 0) is 37.5 Å². The normalized spacial score (nSPS) is 15.1. The van der Waals surface area contributed by atoms with Gasteiger partial charge in [-0.25, -0.2) is 4.98 Å². The minimum absolute atomic E-state index is 0.217. The van der Waals surface area contributed by atoms with Gasteiger partial charge in [0.1, 0.15) is 5.82 Å².